The third kappa shape index (κ3) is 2.48. The van der Waals surface area contributed by atoms with E-state index in [2.05, 4.69) is 27.6 Å². The molecular formula is C11H16N4S. The highest BCUT2D eigenvalue weighted by Crippen LogP contribution is 2.22. The number of nitrogens with zero attached hydrogens (tertiary/aromatic N) is 3. The minimum absolute atomic E-state index is 0.849. The summed E-state index contributed by atoms with van der Waals surface area (Å²) in [4.78, 5) is 8.68. The second kappa shape index (κ2) is 5.23. The SMILES string of the molecule is CCCNCc1csc(-c2cncn2C)n1. The van der Waals surface area contributed by atoms with Crippen molar-refractivity contribution in [2.45, 2.75) is 19.9 Å². The van der Waals surface area contributed by atoms with Crippen molar-refractivity contribution < 1.29 is 0 Å². The van der Waals surface area contributed by atoms with Crippen molar-refractivity contribution in [3.8, 4) is 10.7 Å². The zero-order chi connectivity index (χ0) is 11.4. The zero-order valence-corrected chi connectivity index (χ0v) is 10.4. The molecule has 0 fully saturated rings. The Kier molecular flexibility index (Phi) is 3.69. The number of thiazole rings is 1. The van der Waals surface area contributed by atoms with Crippen LogP contribution < -0.4 is 5.32 Å². The van der Waals surface area contributed by atoms with Gasteiger partial charge in [-0.25, -0.2) is 9.97 Å². The van der Waals surface area contributed by atoms with E-state index < -0.39 is 0 Å². The van der Waals surface area contributed by atoms with Gasteiger partial charge < -0.3 is 9.88 Å². The molecule has 0 aliphatic rings. The van der Waals surface area contributed by atoms with Gasteiger partial charge in [-0.05, 0) is 13.0 Å². The number of hydrogen-bond acceptors (Lipinski definition) is 4. The molecular weight excluding hydrogens is 220 g/mol. The maximum atomic E-state index is 4.58. The highest BCUT2D eigenvalue weighted by Gasteiger charge is 2.07. The second-order valence-corrected chi connectivity index (χ2v) is 4.57. The van der Waals surface area contributed by atoms with Crippen molar-refractivity contribution in [3.05, 3.63) is 23.6 Å². The maximum absolute atomic E-state index is 4.58. The molecule has 0 atom stereocenters. The zero-order valence-electron chi connectivity index (χ0n) is 9.60. The van der Waals surface area contributed by atoms with Crippen LogP contribution in [-0.4, -0.2) is 21.1 Å². The number of imidazole rings is 1. The van der Waals surface area contributed by atoms with Crippen LogP contribution in [0.2, 0.25) is 0 Å². The molecule has 0 aliphatic heterocycles. The predicted molar refractivity (Wildman–Crippen MR) is 66.3 cm³/mol. The topological polar surface area (TPSA) is 42.7 Å². The van der Waals surface area contributed by atoms with Gasteiger partial charge in [0.15, 0.2) is 0 Å². The molecule has 0 saturated carbocycles. The van der Waals surface area contributed by atoms with Gasteiger partial charge in [-0.3, -0.25) is 0 Å². The van der Waals surface area contributed by atoms with Gasteiger partial charge in [0, 0.05) is 19.0 Å². The van der Waals surface area contributed by atoms with Gasteiger partial charge in [0.25, 0.3) is 0 Å². The summed E-state index contributed by atoms with van der Waals surface area (Å²) < 4.78 is 1.99. The summed E-state index contributed by atoms with van der Waals surface area (Å²) >= 11 is 1.67. The third-order valence-electron chi connectivity index (χ3n) is 2.32. The van der Waals surface area contributed by atoms with Gasteiger partial charge >= 0.3 is 0 Å². The standard InChI is InChI=1S/C11H16N4S/c1-3-4-12-5-9-7-16-11(14-9)10-6-13-8-15(10)2/h6-8,12H,3-5H2,1-2H3. The molecule has 0 unspecified atom stereocenters. The van der Waals surface area contributed by atoms with E-state index in [1.165, 1.54) is 0 Å². The van der Waals surface area contributed by atoms with E-state index in [0.717, 1.165) is 35.9 Å². The Morgan fingerprint density at radius 1 is 1.50 bits per heavy atom. The summed E-state index contributed by atoms with van der Waals surface area (Å²) in [6.07, 6.45) is 4.80. The summed E-state index contributed by atoms with van der Waals surface area (Å²) in [6.45, 7) is 4.05. The highest BCUT2D eigenvalue weighted by atomic mass is 32.1. The minimum atomic E-state index is 0.849. The molecule has 0 spiro atoms. The van der Waals surface area contributed by atoms with Crippen molar-refractivity contribution in [2.75, 3.05) is 6.54 Å². The lowest BCUT2D eigenvalue weighted by Gasteiger charge is -1.98. The van der Waals surface area contributed by atoms with E-state index in [1.807, 2.05) is 17.8 Å². The van der Waals surface area contributed by atoms with Crippen molar-refractivity contribution in [2.24, 2.45) is 7.05 Å². The molecule has 2 aromatic heterocycles. The van der Waals surface area contributed by atoms with Gasteiger partial charge in [-0.2, -0.15) is 0 Å². The van der Waals surface area contributed by atoms with E-state index >= 15 is 0 Å². The smallest absolute Gasteiger partial charge is 0.141 e. The third-order valence-corrected chi connectivity index (χ3v) is 3.23. The first-order valence-corrected chi connectivity index (χ1v) is 6.31. The van der Waals surface area contributed by atoms with Crippen LogP contribution in [0.1, 0.15) is 19.0 Å². The van der Waals surface area contributed by atoms with Crippen LogP contribution in [-0.2, 0) is 13.6 Å². The number of nitrogens with one attached hydrogen (secondary N) is 1. The van der Waals surface area contributed by atoms with E-state index in [4.69, 9.17) is 0 Å². The van der Waals surface area contributed by atoms with Crippen LogP contribution in [0.25, 0.3) is 10.7 Å². The Hall–Kier alpha value is -1.20. The molecule has 0 aliphatic carbocycles. The van der Waals surface area contributed by atoms with E-state index in [-0.39, 0.29) is 0 Å². The van der Waals surface area contributed by atoms with Gasteiger partial charge in [0.1, 0.15) is 5.01 Å². The lowest BCUT2D eigenvalue weighted by molar-refractivity contribution is 0.667. The molecule has 5 heteroatoms. The Morgan fingerprint density at radius 3 is 3.06 bits per heavy atom. The normalized spacial score (nSPS) is 10.9. The first kappa shape index (κ1) is 11.3. The van der Waals surface area contributed by atoms with Crippen molar-refractivity contribution in [3.63, 3.8) is 0 Å². The number of aryl methyl sites for hydroxylation is 1. The molecule has 0 saturated heterocycles. The van der Waals surface area contributed by atoms with Crippen LogP contribution in [0.3, 0.4) is 0 Å². The van der Waals surface area contributed by atoms with Crippen molar-refractivity contribution in [1.29, 1.82) is 0 Å². The van der Waals surface area contributed by atoms with Gasteiger partial charge in [-0.1, -0.05) is 6.92 Å². The first-order chi connectivity index (χ1) is 7.81. The molecule has 0 aromatic carbocycles. The Bertz CT molecular complexity index is 446. The molecule has 86 valence electrons. The van der Waals surface area contributed by atoms with Gasteiger partial charge in [0.2, 0.25) is 0 Å². The Balaban J connectivity index is 2.05. The first-order valence-electron chi connectivity index (χ1n) is 5.43. The fourth-order valence-corrected chi connectivity index (χ4v) is 2.33. The summed E-state index contributed by atoms with van der Waals surface area (Å²) in [5.41, 5.74) is 2.18. The lowest BCUT2D eigenvalue weighted by Crippen LogP contribution is -2.13. The average molecular weight is 236 g/mol. The fraction of sp³-hybridized carbons (Fsp3) is 0.455. The van der Waals surface area contributed by atoms with Crippen molar-refractivity contribution >= 4 is 11.3 Å². The Labute approximate surface area is 99.4 Å². The van der Waals surface area contributed by atoms with E-state index in [0.29, 0.717) is 0 Å². The molecule has 16 heavy (non-hydrogen) atoms. The number of hydrogen-bond donors (Lipinski definition) is 1. The molecule has 4 nitrogen and oxygen atoms in total. The average Bonchev–Trinajstić information content (AvgIpc) is 2.87. The number of rotatable bonds is 5. The monoisotopic (exact) mass is 236 g/mol. The van der Waals surface area contributed by atoms with Crippen LogP contribution >= 0.6 is 11.3 Å². The van der Waals surface area contributed by atoms with Crippen LogP contribution in [0.4, 0.5) is 0 Å². The van der Waals surface area contributed by atoms with Crippen LogP contribution in [0.15, 0.2) is 17.9 Å². The molecule has 2 aromatic rings. The van der Waals surface area contributed by atoms with Crippen LogP contribution in [0, 0.1) is 0 Å². The molecule has 0 amide bonds. The largest absolute Gasteiger partial charge is 0.332 e. The van der Waals surface area contributed by atoms with E-state index in [9.17, 15) is 0 Å². The van der Waals surface area contributed by atoms with Gasteiger partial charge in [0.05, 0.1) is 23.9 Å². The molecule has 2 rings (SSSR count). The maximum Gasteiger partial charge on any atom is 0.141 e. The Morgan fingerprint density at radius 2 is 2.38 bits per heavy atom. The quantitative estimate of drug-likeness (QED) is 0.808. The fourth-order valence-electron chi connectivity index (χ4n) is 1.46. The van der Waals surface area contributed by atoms with Crippen molar-refractivity contribution in [1.82, 2.24) is 19.9 Å². The summed E-state index contributed by atoms with van der Waals surface area (Å²) in [6, 6.07) is 0. The summed E-state index contributed by atoms with van der Waals surface area (Å²) in [5, 5.41) is 6.48. The van der Waals surface area contributed by atoms with Crippen LogP contribution in [0.5, 0.6) is 0 Å². The number of aromatic nitrogens is 3. The summed E-state index contributed by atoms with van der Waals surface area (Å²) in [7, 11) is 1.98. The predicted octanol–water partition coefficient (Wildman–Crippen LogP) is 2.04. The van der Waals surface area contributed by atoms with Gasteiger partial charge in [-0.15, -0.1) is 11.3 Å². The molecule has 0 bridgehead atoms. The second-order valence-electron chi connectivity index (χ2n) is 3.71. The highest BCUT2D eigenvalue weighted by molar-refractivity contribution is 7.13. The molecule has 1 N–H and O–H groups in total. The van der Waals surface area contributed by atoms with E-state index in [1.54, 1.807) is 17.7 Å². The molecule has 0 radical (unpaired) electrons. The minimum Gasteiger partial charge on any atom is -0.332 e. The molecule has 2 heterocycles. The lowest BCUT2D eigenvalue weighted by atomic mass is 10.4. The summed E-state index contributed by atoms with van der Waals surface area (Å²) in [5.74, 6) is 0.